The van der Waals surface area contributed by atoms with Crippen molar-refractivity contribution >= 4 is 11.6 Å². The Morgan fingerprint density at radius 2 is 2.04 bits per heavy atom. The lowest BCUT2D eigenvalue weighted by Gasteiger charge is -2.49. The summed E-state index contributed by atoms with van der Waals surface area (Å²) < 4.78 is 2.07. The number of amides is 1. The summed E-state index contributed by atoms with van der Waals surface area (Å²) in [7, 11) is 6.18. The summed E-state index contributed by atoms with van der Waals surface area (Å²) in [4.78, 5) is 15.9. The first-order chi connectivity index (χ1) is 13.4. The maximum atomic E-state index is 11.3. The summed E-state index contributed by atoms with van der Waals surface area (Å²) in [6.07, 6.45) is 2.39. The van der Waals surface area contributed by atoms with E-state index in [4.69, 9.17) is 5.10 Å². The van der Waals surface area contributed by atoms with Gasteiger partial charge in [0, 0.05) is 70.1 Å². The van der Waals surface area contributed by atoms with Gasteiger partial charge in [-0.2, -0.15) is 5.10 Å². The number of rotatable bonds is 5. The van der Waals surface area contributed by atoms with Crippen molar-refractivity contribution in [1.82, 2.24) is 20.0 Å². The highest BCUT2D eigenvalue weighted by Crippen LogP contribution is 2.42. The van der Waals surface area contributed by atoms with Crippen LogP contribution < -0.4 is 10.2 Å². The SMILES string of the molecule is CC(=O)NC[C@H]1C[C@@H]2CCN1C[C@@H]2c1cc(-c2ccc(N(C)C)cc2)nn1C. The van der Waals surface area contributed by atoms with Gasteiger partial charge in [-0.15, -0.1) is 0 Å². The lowest BCUT2D eigenvalue weighted by Crippen LogP contribution is -2.56. The van der Waals surface area contributed by atoms with E-state index >= 15 is 0 Å². The Morgan fingerprint density at radius 3 is 2.64 bits per heavy atom. The Balaban J connectivity index is 1.51. The fourth-order valence-corrected chi connectivity index (χ4v) is 4.85. The van der Waals surface area contributed by atoms with Crippen molar-refractivity contribution in [3.05, 3.63) is 36.0 Å². The first-order valence-corrected chi connectivity index (χ1v) is 10.2. The number of aryl methyl sites for hydroxylation is 1. The molecule has 2 aromatic rings. The number of nitrogens with zero attached hydrogens (tertiary/aromatic N) is 4. The molecule has 1 aromatic heterocycles. The van der Waals surface area contributed by atoms with Crippen molar-refractivity contribution in [3.63, 3.8) is 0 Å². The van der Waals surface area contributed by atoms with Crippen LogP contribution in [-0.2, 0) is 11.8 Å². The third kappa shape index (κ3) is 3.65. The molecule has 1 N–H and O–H groups in total. The van der Waals surface area contributed by atoms with E-state index in [1.54, 1.807) is 6.92 Å². The summed E-state index contributed by atoms with van der Waals surface area (Å²) >= 11 is 0. The minimum absolute atomic E-state index is 0.0655. The van der Waals surface area contributed by atoms with Crippen LogP contribution in [0.5, 0.6) is 0 Å². The third-order valence-corrected chi connectivity index (χ3v) is 6.44. The highest BCUT2D eigenvalue weighted by Gasteiger charge is 2.41. The molecular formula is C22H31N5O. The van der Waals surface area contributed by atoms with Gasteiger partial charge in [0.05, 0.1) is 5.69 Å². The van der Waals surface area contributed by atoms with Crippen molar-refractivity contribution in [2.75, 3.05) is 38.6 Å². The zero-order valence-corrected chi connectivity index (χ0v) is 17.4. The number of carbonyl (C=O) groups excluding carboxylic acids is 1. The Hall–Kier alpha value is -2.34. The monoisotopic (exact) mass is 381 g/mol. The molecular weight excluding hydrogens is 350 g/mol. The van der Waals surface area contributed by atoms with Gasteiger partial charge in [-0.3, -0.25) is 14.4 Å². The number of carbonyl (C=O) groups is 1. The lowest BCUT2D eigenvalue weighted by molar-refractivity contribution is -0.119. The first-order valence-electron chi connectivity index (χ1n) is 10.2. The van der Waals surface area contributed by atoms with Crippen molar-refractivity contribution in [2.24, 2.45) is 13.0 Å². The molecule has 2 bridgehead atoms. The molecule has 150 valence electrons. The predicted octanol–water partition coefficient (Wildman–Crippen LogP) is 2.47. The molecule has 0 radical (unpaired) electrons. The van der Waals surface area contributed by atoms with Crippen LogP contribution in [0.25, 0.3) is 11.3 Å². The van der Waals surface area contributed by atoms with Crippen LogP contribution in [0.3, 0.4) is 0 Å². The smallest absolute Gasteiger partial charge is 0.216 e. The molecule has 1 aromatic carbocycles. The molecule has 3 aliphatic heterocycles. The van der Waals surface area contributed by atoms with Gasteiger partial charge in [0.1, 0.15) is 0 Å². The van der Waals surface area contributed by atoms with Gasteiger partial charge in [0.15, 0.2) is 0 Å². The number of hydrogen-bond acceptors (Lipinski definition) is 4. The maximum Gasteiger partial charge on any atom is 0.216 e. The quantitative estimate of drug-likeness (QED) is 0.865. The molecule has 3 fully saturated rings. The molecule has 0 saturated carbocycles. The Kier molecular flexibility index (Phi) is 5.15. The highest BCUT2D eigenvalue weighted by atomic mass is 16.1. The molecule has 1 unspecified atom stereocenters. The van der Waals surface area contributed by atoms with E-state index in [2.05, 4.69) is 71.3 Å². The number of fused-ring (bicyclic) bond motifs is 3. The molecule has 4 heterocycles. The Morgan fingerprint density at radius 1 is 1.29 bits per heavy atom. The molecule has 5 rings (SSSR count). The van der Waals surface area contributed by atoms with Gasteiger partial charge >= 0.3 is 0 Å². The average Bonchev–Trinajstić information content (AvgIpc) is 3.08. The summed E-state index contributed by atoms with van der Waals surface area (Å²) in [6.45, 7) is 4.57. The minimum atomic E-state index is 0.0655. The van der Waals surface area contributed by atoms with E-state index in [-0.39, 0.29) is 5.91 Å². The normalized spacial score (nSPS) is 26.3. The van der Waals surface area contributed by atoms with Gasteiger partial charge < -0.3 is 10.2 Å². The number of hydrogen-bond donors (Lipinski definition) is 1. The van der Waals surface area contributed by atoms with Crippen LogP contribution in [0.4, 0.5) is 5.69 Å². The number of benzene rings is 1. The zero-order chi connectivity index (χ0) is 19.8. The predicted molar refractivity (Wildman–Crippen MR) is 112 cm³/mol. The average molecular weight is 382 g/mol. The maximum absolute atomic E-state index is 11.3. The molecule has 4 atom stereocenters. The van der Waals surface area contributed by atoms with E-state index in [1.807, 2.05) is 0 Å². The summed E-state index contributed by atoms with van der Waals surface area (Å²) in [6, 6.07) is 11.4. The van der Waals surface area contributed by atoms with Crippen molar-refractivity contribution in [3.8, 4) is 11.3 Å². The van der Waals surface area contributed by atoms with Crippen molar-refractivity contribution < 1.29 is 4.79 Å². The number of piperidine rings is 3. The first kappa shape index (κ1) is 19.0. The second kappa shape index (κ2) is 7.59. The number of anilines is 1. The van der Waals surface area contributed by atoms with Crippen LogP contribution >= 0.6 is 0 Å². The second-order valence-electron chi connectivity index (χ2n) is 8.50. The lowest BCUT2D eigenvalue weighted by atomic mass is 9.74. The molecule has 0 spiro atoms. The fourth-order valence-electron chi connectivity index (χ4n) is 4.85. The van der Waals surface area contributed by atoms with Gasteiger partial charge in [0.25, 0.3) is 0 Å². The molecule has 3 aliphatic rings. The van der Waals surface area contributed by atoms with E-state index in [9.17, 15) is 4.79 Å². The standard InChI is InChI=1S/C22H31N5O/c1-15(28)23-13-19-11-17-9-10-27(19)14-20(17)22-12-21(24-26(22)4)16-5-7-18(8-6-16)25(2)3/h5-8,12,17,19-20H,9-11,13-14H2,1-4H3,(H,23,28)/t17-,19+,20-/m0/s1. The zero-order valence-electron chi connectivity index (χ0n) is 17.4. The van der Waals surface area contributed by atoms with Crippen molar-refractivity contribution in [1.29, 1.82) is 0 Å². The molecule has 1 amide bonds. The molecule has 6 nitrogen and oxygen atoms in total. The van der Waals surface area contributed by atoms with Gasteiger partial charge in [-0.1, -0.05) is 12.1 Å². The summed E-state index contributed by atoms with van der Waals surface area (Å²) in [5, 5.41) is 7.82. The third-order valence-electron chi connectivity index (χ3n) is 6.44. The summed E-state index contributed by atoms with van der Waals surface area (Å²) in [5.74, 6) is 1.26. The number of nitrogens with one attached hydrogen (secondary N) is 1. The van der Waals surface area contributed by atoms with E-state index in [0.29, 0.717) is 17.9 Å². The highest BCUT2D eigenvalue weighted by molar-refractivity contribution is 5.72. The largest absolute Gasteiger partial charge is 0.378 e. The van der Waals surface area contributed by atoms with Crippen LogP contribution in [0, 0.1) is 5.92 Å². The van der Waals surface area contributed by atoms with Crippen LogP contribution in [0.1, 0.15) is 31.4 Å². The Bertz CT molecular complexity index is 841. The molecule has 28 heavy (non-hydrogen) atoms. The Labute approximate surface area is 167 Å². The topological polar surface area (TPSA) is 53.4 Å². The van der Waals surface area contributed by atoms with E-state index in [1.165, 1.54) is 17.8 Å². The molecule has 3 saturated heterocycles. The van der Waals surface area contributed by atoms with Gasteiger partial charge in [-0.05, 0) is 43.5 Å². The van der Waals surface area contributed by atoms with E-state index in [0.717, 1.165) is 37.3 Å². The van der Waals surface area contributed by atoms with Crippen LogP contribution in [0.15, 0.2) is 30.3 Å². The van der Waals surface area contributed by atoms with E-state index < -0.39 is 0 Å². The number of aromatic nitrogens is 2. The summed E-state index contributed by atoms with van der Waals surface area (Å²) in [5.41, 5.74) is 4.74. The van der Waals surface area contributed by atoms with Crippen LogP contribution in [0.2, 0.25) is 0 Å². The fraction of sp³-hybridized carbons (Fsp3) is 0.545. The molecule has 0 aliphatic carbocycles. The van der Waals surface area contributed by atoms with Crippen molar-refractivity contribution in [2.45, 2.75) is 31.7 Å². The minimum Gasteiger partial charge on any atom is -0.378 e. The molecule has 6 heteroatoms. The van der Waals surface area contributed by atoms with Gasteiger partial charge in [0.2, 0.25) is 5.91 Å². The van der Waals surface area contributed by atoms with Gasteiger partial charge in [-0.25, -0.2) is 0 Å². The van der Waals surface area contributed by atoms with Crippen LogP contribution in [-0.4, -0.2) is 60.4 Å². The second-order valence-corrected chi connectivity index (χ2v) is 8.50.